The number of aromatic nitrogens is 2. The lowest BCUT2D eigenvalue weighted by Gasteiger charge is -2.39. The van der Waals surface area contributed by atoms with Crippen molar-refractivity contribution in [3.63, 3.8) is 0 Å². The zero-order valence-corrected chi connectivity index (χ0v) is 18.5. The average molecular weight is 387 g/mol. The molecule has 0 aliphatic heterocycles. The first kappa shape index (κ1) is 22.7. The topological polar surface area (TPSA) is 82.8 Å². The molecule has 0 spiro atoms. The number of aliphatic hydroxyl groups is 1. The van der Waals surface area contributed by atoms with Gasteiger partial charge in [-0.1, -0.05) is 20.8 Å². The van der Waals surface area contributed by atoms with E-state index < -0.39 is 25.6 Å². The third kappa shape index (κ3) is 6.41. The van der Waals surface area contributed by atoms with Crippen LogP contribution >= 0.6 is 0 Å². The van der Waals surface area contributed by atoms with Gasteiger partial charge in [0.05, 0.1) is 13.2 Å². The summed E-state index contributed by atoms with van der Waals surface area (Å²) in [6.45, 7) is 17.8. The smallest absolute Gasteiger partial charge is 0.435 e. The van der Waals surface area contributed by atoms with Crippen LogP contribution in [0, 0.1) is 0 Å². The third-order valence-corrected chi connectivity index (χ3v) is 8.85. The Morgan fingerprint density at radius 1 is 1.19 bits per heavy atom. The highest BCUT2D eigenvalue weighted by molar-refractivity contribution is 6.74. The van der Waals surface area contributed by atoms with Crippen LogP contribution in [0.4, 0.5) is 4.79 Å². The van der Waals surface area contributed by atoms with Gasteiger partial charge in [0.2, 0.25) is 5.88 Å². The van der Waals surface area contributed by atoms with Gasteiger partial charge in [0.15, 0.2) is 13.9 Å². The molecule has 1 heterocycles. The zero-order valence-electron chi connectivity index (χ0n) is 17.5. The minimum absolute atomic E-state index is 0.0572. The summed E-state index contributed by atoms with van der Waals surface area (Å²) in [6, 6.07) is 1.56. The molecule has 0 aromatic carbocycles. The summed E-state index contributed by atoms with van der Waals surface area (Å²) in [6.07, 6.45) is 0.881. The number of hydrogen-bond donors (Lipinski definition) is 1. The van der Waals surface area contributed by atoms with E-state index in [0.29, 0.717) is 0 Å². The van der Waals surface area contributed by atoms with E-state index in [1.807, 2.05) is 0 Å². The molecule has 0 aliphatic carbocycles. The Morgan fingerprint density at radius 2 is 1.77 bits per heavy atom. The van der Waals surface area contributed by atoms with Crippen molar-refractivity contribution in [2.75, 3.05) is 13.2 Å². The van der Waals surface area contributed by atoms with E-state index in [1.165, 1.54) is 6.20 Å². The normalized spacial score (nSPS) is 15.5. The summed E-state index contributed by atoms with van der Waals surface area (Å²) in [4.78, 5) is 12.0. The Morgan fingerprint density at radius 3 is 2.23 bits per heavy atom. The molecule has 1 unspecified atom stereocenters. The lowest BCUT2D eigenvalue weighted by Crippen LogP contribution is -2.49. The first-order valence-electron chi connectivity index (χ1n) is 8.81. The number of ether oxygens (including phenoxy) is 2. The van der Waals surface area contributed by atoms with Crippen LogP contribution in [0.5, 0.6) is 5.88 Å². The Balaban J connectivity index is 2.80. The molecule has 1 atom stereocenters. The molecule has 8 heteroatoms. The molecule has 0 amide bonds. The molecule has 1 rings (SSSR count). The van der Waals surface area contributed by atoms with Gasteiger partial charge in [0, 0.05) is 12.3 Å². The van der Waals surface area contributed by atoms with E-state index >= 15 is 0 Å². The summed E-state index contributed by atoms with van der Waals surface area (Å²) in [7, 11) is -1.98. The summed E-state index contributed by atoms with van der Waals surface area (Å²) in [5.74, 6) is 0.228. The molecule has 0 fully saturated rings. The molecule has 7 nitrogen and oxygen atoms in total. The molecule has 1 aromatic rings. The second-order valence-corrected chi connectivity index (χ2v) is 14.1. The average Bonchev–Trinajstić information content (AvgIpc) is 2.91. The molecule has 1 N–H and O–H groups in total. The number of carbonyl (C=O) groups is 1. The van der Waals surface area contributed by atoms with E-state index in [-0.39, 0.29) is 24.1 Å². The van der Waals surface area contributed by atoms with Crippen LogP contribution in [-0.2, 0) is 9.16 Å². The van der Waals surface area contributed by atoms with E-state index in [9.17, 15) is 9.90 Å². The van der Waals surface area contributed by atoms with Crippen molar-refractivity contribution in [3.05, 3.63) is 12.3 Å². The van der Waals surface area contributed by atoms with Crippen LogP contribution in [0.1, 0.15) is 48.5 Å². The van der Waals surface area contributed by atoms with E-state index in [4.69, 9.17) is 13.9 Å². The number of nitrogens with zero attached hydrogens (tertiary/aromatic N) is 2. The van der Waals surface area contributed by atoms with Crippen molar-refractivity contribution in [1.82, 2.24) is 9.78 Å². The molecule has 0 bridgehead atoms. The first-order chi connectivity index (χ1) is 11.6. The largest absolute Gasteiger partial charge is 0.465 e. The molecule has 150 valence electrons. The fourth-order valence-corrected chi connectivity index (χ4v) is 2.78. The van der Waals surface area contributed by atoms with Crippen LogP contribution in [0.15, 0.2) is 12.3 Å². The van der Waals surface area contributed by atoms with Gasteiger partial charge in [-0.2, -0.15) is 4.68 Å². The maximum Gasteiger partial charge on any atom is 0.435 e. The van der Waals surface area contributed by atoms with Crippen molar-refractivity contribution >= 4 is 14.4 Å². The molecule has 1 aromatic heterocycles. The molecule has 26 heavy (non-hydrogen) atoms. The highest BCUT2D eigenvalue weighted by atomic mass is 28.4. The SMILES string of the molecule is CC(C)(C)OC(=O)n1ccc(OC(C)(CO)CO[Si](C)(C)C(C)(C)C)n1. The number of carbonyl (C=O) groups excluding carboxylic acids is 1. The fraction of sp³-hybridized carbons (Fsp3) is 0.778. The molecule has 0 saturated heterocycles. The maximum absolute atomic E-state index is 12.0. The number of aliphatic hydroxyl groups excluding tert-OH is 1. The quantitative estimate of drug-likeness (QED) is 0.749. The predicted octanol–water partition coefficient (Wildman–Crippen LogP) is 3.82. The fourth-order valence-electron chi connectivity index (χ4n) is 1.68. The summed E-state index contributed by atoms with van der Waals surface area (Å²) >= 11 is 0. The van der Waals surface area contributed by atoms with E-state index in [1.54, 1.807) is 33.8 Å². The third-order valence-electron chi connectivity index (χ3n) is 4.38. The minimum atomic E-state index is -1.98. The van der Waals surface area contributed by atoms with Crippen molar-refractivity contribution in [2.24, 2.45) is 0 Å². The van der Waals surface area contributed by atoms with Crippen LogP contribution in [0.2, 0.25) is 18.1 Å². The second-order valence-electron chi connectivity index (χ2n) is 9.34. The highest BCUT2D eigenvalue weighted by Crippen LogP contribution is 2.37. The van der Waals surface area contributed by atoms with Crippen LogP contribution < -0.4 is 4.74 Å². The highest BCUT2D eigenvalue weighted by Gasteiger charge is 2.40. The Bertz CT molecular complexity index is 616. The molecule has 0 saturated carbocycles. The molecular weight excluding hydrogens is 352 g/mol. The summed E-state index contributed by atoms with van der Waals surface area (Å²) < 4.78 is 18.3. The van der Waals surface area contributed by atoms with Gasteiger partial charge in [-0.05, 0) is 45.8 Å². The lowest BCUT2D eigenvalue weighted by molar-refractivity contribution is -0.0189. The Hall–Kier alpha value is -1.38. The monoisotopic (exact) mass is 386 g/mol. The predicted molar refractivity (Wildman–Crippen MR) is 103 cm³/mol. The molecular formula is C18H34N2O5Si. The van der Waals surface area contributed by atoms with Crippen molar-refractivity contribution in [1.29, 1.82) is 0 Å². The molecule has 0 aliphatic rings. The van der Waals surface area contributed by atoms with Gasteiger partial charge in [-0.3, -0.25) is 0 Å². The summed E-state index contributed by atoms with van der Waals surface area (Å²) in [5.41, 5.74) is -1.57. The second kappa shape index (κ2) is 7.70. The van der Waals surface area contributed by atoms with E-state index in [2.05, 4.69) is 39.0 Å². The van der Waals surface area contributed by atoms with Gasteiger partial charge in [-0.15, -0.1) is 5.10 Å². The van der Waals surface area contributed by atoms with Gasteiger partial charge >= 0.3 is 6.09 Å². The lowest BCUT2D eigenvalue weighted by atomic mass is 10.1. The van der Waals surface area contributed by atoms with Gasteiger partial charge in [0.25, 0.3) is 0 Å². The summed E-state index contributed by atoms with van der Waals surface area (Å²) in [5, 5.41) is 13.9. The van der Waals surface area contributed by atoms with Crippen molar-refractivity contribution < 1.29 is 23.8 Å². The standard InChI is InChI=1S/C18H34N2O5Si/c1-16(2,3)25-15(22)20-11-10-14(19-20)24-18(7,12-21)13-23-26(8,9)17(4,5)6/h10-11,21H,12-13H2,1-9H3. The number of hydrogen-bond acceptors (Lipinski definition) is 6. The Labute approximate surface area is 157 Å². The van der Waals surface area contributed by atoms with Gasteiger partial charge in [-0.25, -0.2) is 4.79 Å². The van der Waals surface area contributed by atoms with Gasteiger partial charge < -0.3 is 19.0 Å². The Kier molecular flexibility index (Phi) is 6.71. The van der Waals surface area contributed by atoms with Crippen molar-refractivity contribution in [2.45, 2.75) is 77.8 Å². The van der Waals surface area contributed by atoms with E-state index in [0.717, 1.165) is 4.68 Å². The minimum Gasteiger partial charge on any atom is -0.465 e. The van der Waals surface area contributed by atoms with Gasteiger partial charge in [0.1, 0.15) is 5.60 Å². The first-order valence-corrected chi connectivity index (χ1v) is 11.7. The van der Waals surface area contributed by atoms with Crippen LogP contribution in [0.3, 0.4) is 0 Å². The number of rotatable bonds is 6. The van der Waals surface area contributed by atoms with Crippen molar-refractivity contribution in [3.8, 4) is 5.88 Å². The van der Waals surface area contributed by atoms with Crippen LogP contribution in [0.25, 0.3) is 0 Å². The van der Waals surface area contributed by atoms with Crippen LogP contribution in [-0.4, -0.2) is 53.7 Å². The maximum atomic E-state index is 12.0. The molecule has 0 radical (unpaired) electrons. The zero-order chi connectivity index (χ0) is 20.4.